The first-order valence-corrected chi connectivity index (χ1v) is 14.6. The first-order chi connectivity index (χ1) is 18.7. The van der Waals surface area contributed by atoms with Crippen molar-refractivity contribution in [3.05, 3.63) is 93.9 Å². The molecule has 0 spiro atoms. The van der Waals surface area contributed by atoms with E-state index in [9.17, 15) is 22.0 Å². The van der Waals surface area contributed by atoms with Crippen molar-refractivity contribution in [2.75, 3.05) is 23.1 Å². The van der Waals surface area contributed by atoms with E-state index in [1.165, 1.54) is 59.4 Å². The molecule has 0 bridgehead atoms. The summed E-state index contributed by atoms with van der Waals surface area (Å²) in [5, 5.41) is 4.35. The Kier molecular flexibility index (Phi) is 7.58. The van der Waals surface area contributed by atoms with E-state index < -0.39 is 15.8 Å². The van der Waals surface area contributed by atoms with Gasteiger partial charge in [-0.1, -0.05) is 12.1 Å². The van der Waals surface area contributed by atoms with Crippen LogP contribution in [-0.2, 0) is 10.0 Å². The van der Waals surface area contributed by atoms with Crippen LogP contribution in [0.25, 0.3) is 0 Å². The van der Waals surface area contributed by atoms with Gasteiger partial charge in [-0.2, -0.15) is 8.42 Å². The summed E-state index contributed by atoms with van der Waals surface area (Å²) >= 11 is 1.24. The number of pyridine rings is 1. The van der Waals surface area contributed by atoms with Gasteiger partial charge in [-0.05, 0) is 67.1 Å². The van der Waals surface area contributed by atoms with Gasteiger partial charge in [0.15, 0.2) is 10.8 Å². The number of halogens is 2. The highest BCUT2D eigenvalue weighted by molar-refractivity contribution is 7.92. The Bertz CT molecular complexity index is 1590. The van der Waals surface area contributed by atoms with Crippen LogP contribution in [0.1, 0.15) is 40.2 Å². The molecule has 1 aliphatic heterocycles. The molecule has 39 heavy (non-hydrogen) atoms. The minimum absolute atomic E-state index is 0.162. The number of carbonyl (C=O) groups excluding carboxylic acids is 1. The van der Waals surface area contributed by atoms with Gasteiger partial charge in [0.1, 0.15) is 11.6 Å². The third-order valence-corrected chi connectivity index (χ3v) is 8.48. The van der Waals surface area contributed by atoms with Crippen LogP contribution in [-0.4, -0.2) is 42.3 Å². The van der Waals surface area contributed by atoms with Crippen molar-refractivity contribution >= 4 is 44.5 Å². The Hall–Kier alpha value is -3.90. The molecule has 1 fully saturated rings. The lowest BCUT2D eigenvalue weighted by molar-refractivity contribution is 0.0713. The van der Waals surface area contributed by atoms with Crippen LogP contribution in [0.5, 0.6) is 0 Å². The average Bonchev–Trinajstić information content (AvgIpc) is 3.43. The Morgan fingerprint density at radius 1 is 1.00 bits per heavy atom. The standard InChI is InChI=1S/C27H25F2N5O3S2/c1-17-12-21(29)6-7-23(17)32-24-13-26(39(36,37)33-25-15-38-16-31-25)30-14-22(24)27(35)34-10-8-19(9-11-34)18-2-4-20(28)5-3-18/h2-7,12-16,19,33H,8-11H2,1H3,(H,30,32). The van der Waals surface area contributed by atoms with Gasteiger partial charge in [-0.25, -0.2) is 18.7 Å². The van der Waals surface area contributed by atoms with E-state index in [-0.39, 0.29) is 39.7 Å². The molecule has 0 radical (unpaired) electrons. The Morgan fingerprint density at radius 2 is 1.72 bits per heavy atom. The second-order valence-corrected chi connectivity index (χ2v) is 11.6. The maximum Gasteiger partial charge on any atom is 0.280 e. The first kappa shape index (κ1) is 26.7. The molecule has 202 valence electrons. The predicted octanol–water partition coefficient (Wildman–Crippen LogP) is 5.69. The number of thiazole rings is 1. The molecule has 3 heterocycles. The molecule has 2 aromatic carbocycles. The van der Waals surface area contributed by atoms with E-state index in [2.05, 4.69) is 20.0 Å². The lowest BCUT2D eigenvalue weighted by Gasteiger charge is -2.32. The zero-order chi connectivity index (χ0) is 27.6. The fraction of sp³-hybridized carbons (Fsp3) is 0.222. The van der Waals surface area contributed by atoms with Gasteiger partial charge in [0.2, 0.25) is 0 Å². The van der Waals surface area contributed by atoms with Crippen molar-refractivity contribution in [3.8, 4) is 0 Å². The summed E-state index contributed by atoms with van der Waals surface area (Å²) in [6.45, 7) is 2.65. The van der Waals surface area contributed by atoms with E-state index in [0.717, 1.165) is 5.56 Å². The molecule has 2 N–H and O–H groups in total. The molecule has 0 atom stereocenters. The highest BCUT2D eigenvalue weighted by atomic mass is 32.2. The molecule has 0 unspecified atom stereocenters. The van der Waals surface area contributed by atoms with Gasteiger partial charge in [-0.15, -0.1) is 11.3 Å². The lowest BCUT2D eigenvalue weighted by Crippen LogP contribution is -2.38. The second kappa shape index (κ2) is 11.1. The van der Waals surface area contributed by atoms with Crippen molar-refractivity contribution in [2.45, 2.75) is 30.7 Å². The van der Waals surface area contributed by atoms with Crippen LogP contribution in [0.3, 0.4) is 0 Å². The Morgan fingerprint density at radius 3 is 2.38 bits per heavy atom. The van der Waals surface area contributed by atoms with E-state index in [1.807, 2.05) is 0 Å². The summed E-state index contributed by atoms with van der Waals surface area (Å²) in [7, 11) is -4.09. The maximum atomic E-state index is 13.7. The van der Waals surface area contributed by atoms with Crippen LogP contribution in [0.15, 0.2) is 70.6 Å². The predicted molar refractivity (Wildman–Crippen MR) is 146 cm³/mol. The SMILES string of the molecule is Cc1cc(F)ccc1Nc1cc(S(=O)(=O)Nc2cscn2)ncc1C(=O)N1CCC(c2ccc(F)cc2)CC1. The van der Waals surface area contributed by atoms with Gasteiger partial charge < -0.3 is 10.2 Å². The smallest absolute Gasteiger partial charge is 0.280 e. The zero-order valence-electron chi connectivity index (χ0n) is 20.9. The lowest BCUT2D eigenvalue weighted by atomic mass is 9.89. The normalized spacial score (nSPS) is 14.3. The monoisotopic (exact) mass is 569 g/mol. The molecule has 4 aromatic rings. The number of rotatable bonds is 7. The maximum absolute atomic E-state index is 13.7. The van der Waals surface area contributed by atoms with Crippen molar-refractivity contribution in [3.63, 3.8) is 0 Å². The molecule has 0 aliphatic carbocycles. The number of aryl methyl sites for hydroxylation is 1. The largest absolute Gasteiger partial charge is 0.355 e. The molecule has 1 amide bonds. The minimum Gasteiger partial charge on any atom is -0.355 e. The van der Waals surface area contributed by atoms with Gasteiger partial charge in [0.05, 0.1) is 16.8 Å². The van der Waals surface area contributed by atoms with Crippen molar-refractivity contribution in [1.82, 2.24) is 14.9 Å². The number of likely N-dealkylation sites (tertiary alicyclic amines) is 1. The zero-order valence-corrected chi connectivity index (χ0v) is 22.5. The number of hydrogen-bond acceptors (Lipinski definition) is 7. The van der Waals surface area contributed by atoms with Crippen LogP contribution in [0.4, 0.5) is 26.0 Å². The number of sulfonamides is 1. The number of nitrogens with one attached hydrogen (secondary N) is 2. The van der Waals surface area contributed by atoms with Gasteiger partial charge >= 0.3 is 0 Å². The third kappa shape index (κ3) is 6.07. The van der Waals surface area contributed by atoms with Crippen LogP contribution < -0.4 is 10.0 Å². The molecule has 5 rings (SSSR count). The Balaban J connectivity index is 1.42. The number of nitrogens with zero attached hydrogens (tertiary/aromatic N) is 3. The number of hydrogen-bond donors (Lipinski definition) is 2. The number of benzene rings is 2. The molecule has 1 saturated heterocycles. The average molecular weight is 570 g/mol. The summed E-state index contributed by atoms with van der Waals surface area (Å²) in [6, 6.07) is 11.8. The summed E-state index contributed by atoms with van der Waals surface area (Å²) in [5.74, 6) is -0.642. The number of amides is 1. The fourth-order valence-corrected chi connectivity index (χ4v) is 6.06. The fourth-order valence-electron chi connectivity index (χ4n) is 4.54. The number of aromatic nitrogens is 2. The van der Waals surface area contributed by atoms with E-state index >= 15 is 0 Å². The minimum atomic E-state index is -4.09. The number of piperidine rings is 1. The highest BCUT2D eigenvalue weighted by Gasteiger charge is 2.28. The van der Waals surface area contributed by atoms with E-state index in [1.54, 1.807) is 29.3 Å². The van der Waals surface area contributed by atoms with Crippen LogP contribution in [0.2, 0.25) is 0 Å². The molecule has 8 nitrogen and oxygen atoms in total. The molecule has 2 aromatic heterocycles. The molecule has 12 heteroatoms. The van der Waals surface area contributed by atoms with Gasteiger partial charge in [0, 0.05) is 36.4 Å². The summed E-state index contributed by atoms with van der Waals surface area (Å²) in [5.41, 5.74) is 4.03. The summed E-state index contributed by atoms with van der Waals surface area (Å²) in [4.78, 5) is 23.4. The van der Waals surface area contributed by atoms with Crippen molar-refractivity contribution < 1.29 is 22.0 Å². The summed E-state index contributed by atoms with van der Waals surface area (Å²) < 4.78 is 55.4. The topological polar surface area (TPSA) is 104 Å². The molecule has 1 aliphatic rings. The van der Waals surface area contributed by atoms with Gasteiger partial charge in [-0.3, -0.25) is 9.52 Å². The summed E-state index contributed by atoms with van der Waals surface area (Å²) in [6.07, 6.45) is 2.65. The highest BCUT2D eigenvalue weighted by Crippen LogP contribution is 2.31. The molecular formula is C27H25F2N5O3S2. The Labute approximate surface area is 228 Å². The van der Waals surface area contributed by atoms with Crippen molar-refractivity contribution in [2.24, 2.45) is 0 Å². The van der Waals surface area contributed by atoms with Crippen molar-refractivity contribution in [1.29, 1.82) is 0 Å². The van der Waals surface area contributed by atoms with E-state index in [4.69, 9.17) is 0 Å². The quantitative estimate of drug-likeness (QED) is 0.296. The molecule has 0 saturated carbocycles. The van der Waals surface area contributed by atoms with Gasteiger partial charge in [0.25, 0.3) is 15.9 Å². The number of carbonyl (C=O) groups is 1. The van der Waals surface area contributed by atoms with E-state index in [0.29, 0.717) is 37.2 Å². The number of anilines is 3. The van der Waals surface area contributed by atoms with Crippen LogP contribution in [0, 0.1) is 18.6 Å². The molecular weight excluding hydrogens is 544 g/mol. The van der Waals surface area contributed by atoms with Crippen LogP contribution >= 0.6 is 11.3 Å². The third-order valence-electron chi connectivity index (χ3n) is 6.64. The first-order valence-electron chi connectivity index (χ1n) is 12.2. The second-order valence-electron chi connectivity index (χ2n) is 9.25.